The van der Waals surface area contributed by atoms with Gasteiger partial charge in [0.05, 0.1) is 5.92 Å². The largest absolute Gasteiger partial charge is 0.325 e. The summed E-state index contributed by atoms with van der Waals surface area (Å²) in [5.41, 5.74) is 4.40. The zero-order valence-electron chi connectivity index (χ0n) is 10.6. The lowest BCUT2D eigenvalue weighted by Gasteiger charge is -2.29. The van der Waals surface area contributed by atoms with Crippen LogP contribution in [0.5, 0.6) is 0 Å². The quantitative estimate of drug-likeness (QED) is 0.890. The van der Waals surface area contributed by atoms with Crippen molar-refractivity contribution < 1.29 is 4.79 Å². The van der Waals surface area contributed by atoms with Crippen LogP contribution in [0.4, 0.5) is 5.69 Å². The van der Waals surface area contributed by atoms with E-state index in [4.69, 9.17) is 0 Å². The minimum atomic E-state index is -0.00502. The highest BCUT2D eigenvalue weighted by atomic mass is 79.9. The minimum Gasteiger partial charge on any atom is -0.325 e. The average Bonchev–Trinajstić information content (AvgIpc) is 2.35. The highest BCUT2D eigenvalue weighted by molar-refractivity contribution is 9.10. The third kappa shape index (κ3) is 2.30. The van der Waals surface area contributed by atoms with Crippen LogP contribution in [0.3, 0.4) is 0 Å². The Labute approximate surface area is 121 Å². The van der Waals surface area contributed by atoms with Gasteiger partial charge >= 0.3 is 0 Å². The first-order valence-corrected chi connectivity index (χ1v) is 7.09. The number of nitrogens with one attached hydrogen (secondary N) is 1. The van der Waals surface area contributed by atoms with Gasteiger partial charge in [-0.1, -0.05) is 46.3 Å². The Bertz CT molecular complexity index is 651. The maximum absolute atomic E-state index is 12.3. The molecule has 1 N–H and O–H groups in total. The van der Waals surface area contributed by atoms with Gasteiger partial charge in [0.1, 0.15) is 0 Å². The van der Waals surface area contributed by atoms with E-state index in [0.717, 1.165) is 27.7 Å². The highest BCUT2D eigenvalue weighted by Gasteiger charge is 2.31. The third-order valence-corrected chi connectivity index (χ3v) is 4.12. The predicted octanol–water partition coefficient (Wildman–Crippen LogP) is 4.04. The fraction of sp³-hybridized carbons (Fsp3) is 0.188. The topological polar surface area (TPSA) is 29.1 Å². The number of amides is 1. The van der Waals surface area contributed by atoms with Crippen LogP contribution >= 0.6 is 15.9 Å². The molecule has 0 fully saturated rings. The number of carbonyl (C=O) groups excluding carboxylic acids is 1. The molecule has 3 heteroatoms. The van der Waals surface area contributed by atoms with Crippen LogP contribution < -0.4 is 5.32 Å². The van der Waals surface area contributed by atoms with Crippen molar-refractivity contribution >= 4 is 27.5 Å². The summed E-state index contributed by atoms with van der Waals surface area (Å²) in [5.74, 6) is 0.0782. The van der Waals surface area contributed by atoms with Crippen LogP contribution in [0, 0.1) is 6.92 Å². The van der Waals surface area contributed by atoms with Crippen molar-refractivity contribution in [2.24, 2.45) is 0 Å². The van der Waals surface area contributed by atoms with Crippen LogP contribution in [-0.4, -0.2) is 5.91 Å². The number of aryl methyl sites for hydroxylation is 1. The molecule has 0 spiro atoms. The molecule has 1 amide bonds. The molecule has 1 aliphatic carbocycles. The highest BCUT2D eigenvalue weighted by Crippen LogP contribution is 2.36. The van der Waals surface area contributed by atoms with Crippen LogP contribution in [0.25, 0.3) is 0 Å². The first-order valence-electron chi connectivity index (χ1n) is 6.30. The lowest BCUT2D eigenvalue weighted by atomic mass is 9.77. The first kappa shape index (κ1) is 12.4. The van der Waals surface area contributed by atoms with Crippen LogP contribution in [0.1, 0.15) is 22.6 Å². The normalized spacial score (nSPS) is 16.4. The van der Waals surface area contributed by atoms with Crippen molar-refractivity contribution in [3.05, 3.63) is 63.6 Å². The number of hydrogen-bond donors (Lipinski definition) is 1. The molecule has 0 aliphatic heterocycles. The van der Waals surface area contributed by atoms with Crippen molar-refractivity contribution in [3.63, 3.8) is 0 Å². The number of benzene rings is 2. The molecular formula is C16H14BrNO. The van der Waals surface area contributed by atoms with Crippen LogP contribution in [-0.2, 0) is 11.2 Å². The standard InChI is InChI=1S/C16H14BrNO/c1-10-6-7-12(17)9-15(10)18-16(19)14-8-11-4-2-3-5-13(11)14/h2-7,9,14H,8H2,1H3,(H,18,19). The maximum atomic E-state index is 12.3. The van der Waals surface area contributed by atoms with Crippen LogP contribution in [0.15, 0.2) is 46.9 Å². The van der Waals surface area contributed by atoms with E-state index in [-0.39, 0.29) is 11.8 Å². The van der Waals surface area contributed by atoms with E-state index in [2.05, 4.69) is 27.3 Å². The van der Waals surface area contributed by atoms with Crippen molar-refractivity contribution in [1.29, 1.82) is 0 Å². The summed E-state index contributed by atoms with van der Waals surface area (Å²) in [4.78, 5) is 12.3. The second-order valence-corrected chi connectivity index (χ2v) is 5.82. The summed E-state index contributed by atoms with van der Waals surface area (Å²) in [7, 11) is 0. The number of hydrogen-bond acceptors (Lipinski definition) is 1. The van der Waals surface area contributed by atoms with Crippen molar-refractivity contribution in [1.82, 2.24) is 0 Å². The van der Waals surface area contributed by atoms with Gasteiger partial charge in [0, 0.05) is 10.2 Å². The van der Waals surface area contributed by atoms with E-state index in [1.165, 1.54) is 5.56 Å². The Morgan fingerprint density at radius 1 is 1.26 bits per heavy atom. The summed E-state index contributed by atoms with van der Waals surface area (Å²) >= 11 is 3.43. The summed E-state index contributed by atoms with van der Waals surface area (Å²) in [6, 6.07) is 14.0. The Kier molecular flexibility index (Phi) is 3.15. The van der Waals surface area contributed by atoms with Gasteiger partial charge in [-0.15, -0.1) is 0 Å². The molecule has 2 aromatic rings. The predicted molar refractivity (Wildman–Crippen MR) is 80.4 cm³/mol. The van der Waals surface area contributed by atoms with E-state index < -0.39 is 0 Å². The molecule has 96 valence electrons. The van der Waals surface area contributed by atoms with E-state index in [9.17, 15) is 4.79 Å². The average molecular weight is 316 g/mol. The molecule has 0 saturated heterocycles. The van der Waals surface area contributed by atoms with Gasteiger partial charge in [-0.25, -0.2) is 0 Å². The molecule has 0 aromatic heterocycles. The molecule has 0 bridgehead atoms. The molecule has 2 nitrogen and oxygen atoms in total. The fourth-order valence-electron chi connectivity index (χ4n) is 2.44. The number of carbonyl (C=O) groups is 1. The fourth-order valence-corrected chi connectivity index (χ4v) is 2.80. The van der Waals surface area contributed by atoms with Gasteiger partial charge in [0.25, 0.3) is 0 Å². The Hall–Kier alpha value is -1.61. The Morgan fingerprint density at radius 3 is 2.84 bits per heavy atom. The summed E-state index contributed by atoms with van der Waals surface area (Å²) in [5, 5.41) is 3.02. The van der Waals surface area contributed by atoms with E-state index in [0.29, 0.717) is 0 Å². The second kappa shape index (κ2) is 4.82. The summed E-state index contributed by atoms with van der Waals surface area (Å²) in [6.07, 6.45) is 0.842. The van der Waals surface area contributed by atoms with E-state index in [1.807, 2.05) is 43.3 Å². The monoisotopic (exact) mass is 315 g/mol. The van der Waals surface area contributed by atoms with E-state index in [1.54, 1.807) is 0 Å². The molecule has 0 heterocycles. The number of rotatable bonds is 2. The van der Waals surface area contributed by atoms with E-state index >= 15 is 0 Å². The third-order valence-electron chi connectivity index (χ3n) is 3.63. The SMILES string of the molecule is Cc1ccc(Br)cc1NC(=O)C1Cc2ccccc21. The lowest BCUT2D eigenvalue weighted by molar-refractivity contribution is -0.118. The number of halogens is 1. The smallest absolute Gasteiger partial charge is 0.232 e. The van der Waals surface area contributed by atoms with Crippen LogP contribution in [0.2, 0.25) is 0 Å². The second-order valence-electron chi connectivity index (χ2n) is 4.90. The van der Waals surface area contributed by atoms with Gasteiger partial charge in [0.2, 0.25) is 5.91 Å². The van der Waals surface area contributed by atoms with Gasteiger partial charge < -0.3 is 5.32 Å². The van der Waals surface area contributed by atoms with Gasteiger partial charge in [-0.3, -0.25) is 4.79 Å². The molecule has 0 radical (unpaired) electrons. The van der Waals surface area contributed by atoms with Crippen molar-refractivity contribution in [2.45, 2.75) is 19.3 Å². The molecule has 0 saturated carbocycles. The summed E-state index contributed by atoms with van der Waals surface area (Å²) < 4.78 is 0.974. The van der Waals surface area contributed by atoms with Crippen molar-refractivity contribution in [3.8, 4) is 0 Å². The molecule has 1 atom stereocenters. The Morgan fingerprint density at radius 2 is 2.05 bits per heavy atom. The molecule has 2 aromatic carbocycles. The number of fused-ring (bicyclic) bond motifs is 1. The minimum absolute atomic E-state index is 0.00502. The summed E-state index contributed by atoms with van der Waals surface area (Å²) in [6.45, 7) is 2.00. The molecular weight excluding hydrogens is 302 g/mol. The first-order chi connectivity index (χ1) is 9.15. The zero-order chi connectivity index (χ0) is 13.4. The number of anilines is 1. The zero-order valence-corrected chi connectivity index (χ0v) is 12.2. The molecule has 19 heavy (non-hydrogen) atoms. The Balaban J connectivity index is 1.79. The molecule has 3 rings (SSSR count). The van der Waals surface area contributed by atoms with Gasteiger partial charge in [-0.05, 0) is 42.2 Å². The van der Waals surface area contributed by atoms with Crippen molar-refractivity contribution in [2.75, 3.05) is 5.32 Å². The van der Waals surface area contributed by atoms with Gasteiger partial charge in [-0.2, -0.15) is 0 Å². The maximum Gasteiger partial charge on any atom is 0.232 e. The lowest BCUT2D eigenvalue weighted by Crippen LogP contribution is -2.30. The molecule has 1 unspecified atom stereocenters. The molecule has 1 aliphatic rings. The van der Waals surface area contributed by atoms with Gasteiger partial charge in [0.15, 0.2) is 0 Å².